The first-order valence-electron chi connectivity index (χ1n) is 6.94. The van der Waals surface area contributed by atoms with Crippen molar-refractivity contribution in [3.63, 3.8) is 0 Å². The van der Waals surface area contributed by atoms with Gasteiger partial charge in [-0.3, -0.25) is 5.41 Å². The van der Waals surface area contributed by atoms with Crippen molar-refractivity contribution in [2.45, 2.75) is 31.8 Å². The molecule has 1 saturated heterocycles. The maximum absolute atomic E-state index is 7.37. The van der Waals surface area contributed by atoms with Crippen LogP contribution in [0, 0.1) is 5.41 Å². The summed E-state index contributed by atoms with van der Waals surface area (Å²) in [6.45, 7) is 1.96. The fourth-order valence-corrected chi connectivity index (χ4v) is 2.45. The number of nitrogens with zero attached hydrogens (tertiary/aromatic N) is 1. The second-order valence-electron chi connectivity index (χ2n) is 5.16. The van der Waals surface area contributed by atoms with Gasteiger partial charge < -0.3 is 15.4 Å². The van der Waals surface area contributed by atoms with Gasteiger partial charge in [-0.15, -0.1) is 0 Å². The highest BCUT2D eigenvalue weighted by Crippen LogP contribution is 2.18. The van der Waals surface area contributed by atoms with Crippen LogP contribution >= 0.6 is 0 Å². The Balaban J connectivity index is 1.78. The summed E-state index contributed by atoms with van der Waals surface area (Å²) < 4.78 is 5.63. The average Bonchev–Trinajstić information content (AvgIpc) is 2.92. The van der Waals surface area contributed by atoms with Gasteiger partial charge in [-0.05, 0) is 49.9 Å². The molecule has 0 radical (unpaired) electrons. The van der Waals surface area contributed by atoms with Crippen LogP contribution in [-0.2, 0) is 4.74 Å². The van der Waals surface area contributed by atoms with Crippen molar-refractivity contribution in [2.75, 3.05) is 25.1 Å². The first-order valence-corrected chi connectivity index (χ1v) is 6.94. The fourth-order valence-electron chi connectivity index (χ4n) is 2.45. The smallest absolute Gasteiger partial charge is 0.122 e. The summed E-state index contributed by atoms with van der Waals surface area (Å²) in [4.78, 5) is 2.23. The minimum absolute atomic E-state index is 0.118. The Labute approximate surface area is 115 Å². The molecular weight excluding hydrogens is 238 g/mol. The molecule has 1 aliphatic rings. The predicted molar refractivity (Wildman–Crippen MR) is 78.9 cm³/mol. The van der Waals surface area contributed by atoms with Gasteiger partial charge in [0.15, 0.2) is 0 Å². The van der Waals surface area contributed by atoms with Crippen LogP contribution in [0.4, 0.5) is 5.69 Å². The van der Waals surface area contributed by atoms with Gasteiger partial charge in [-0.1, -0.05) is 0 Å². The molecule has 2 rings (SSSR count). The molecule has 0 spiro atoms. The molecule has 3 N–H and O–H groups in total. The molecule has 104 valence electrons. The van der Waals surface area contributed by atoms with Crippen LogP contribution in [0.5, 0.6) is 0 Å². The normalized spacial score (nSPS) is 18.5. The number of hydrogen-bond acceptors (Lipinski definition) is 3. The van der Waals surface area contributed by atoms with Crippen LogP contribution in [0.3, 0.4) is 0 Å². The third kappa shape index (κ3) is 3.96. The predicted octanol–water partition coefficient (Wildman–Crippen LogP) is 2.37. The lowest BCUT2D eigenvalue weighted by Crippen LogP contribution is -2.20. The Hall–Kier alpha value is -1.55. The van der Waals surface area contributed by atoms with Crippen LogP contribution in [-0.4, -0.2) is 32.1 Å². The van der Waals surface area contributed by atoms with Gasteiger partial charge in [0.25, 0.3) is 0 Å². The van der Waals surface area contributed by atoms with E-state index >= 15 is 0 Å². The highest BCUT2D eigenvalue weighted by atomic mass is 16.5. The SMILES string of the molecule is CN(CCCC1CCCO1)c1ccc(C(=N)N)cc1. The molecule has 1 aliphatic heterocycles. The summed E-state index contributed by atoms with van der Waals surface area (Å²) in [7, 11) is 2.10. The highest BCUT2D eigenvalue weighted by molar-refractivity contribution is 5.95. The molecule has 0 amide bonds. The molecule has 1 heterocycles. The molecule has 0 saturated carbocycles. The van der Waals surface area contributed by atoms with E-state index < -0.39 is 0 Å². The molecule has 1 atom stereocenters. The number of ether oxygens (including phenoxy) is 1. The standard InChI is InChI=1S/C15H23N3O/c1-18(10-2-4-14-5-3-11-19-14)13-8-6-12(7-9-13)15(16)17/h6-9,14H,2-5,10-11H2,1H3,(H3,16,17). The van der Waals surface area contributed by atoms with Gasteiger partial charge in [-0.25, -0.2) is 0 Å². The van der Waals surface area contributed by atoms with Crippen molar-refractivity contribution >= 4 is 11.5 Å². The third-order valence-corrected chi connectivity index (χ3v) is 3.66. The van der Waals surface area contributed by atoms with Crippen molar-refractivity contribution in [1.29, 1.82) is 5.41 Å². The van der Waals surface area contributed by atoms with Crippen LogP contribution in [0.1, 0.15) is 31.2 Å². The van der Waals surface area contributed by atoms with Gasteiger partial charge in [-0.2, -0.15) is 0 Å². The van der Waals surface area contributed by atoms with Crippen LogP contribution in [0.15, 0.2) is 24.3 Å². The minimum atomic E-state index is 0.118. The lowest BCUT2D eigenvalue weighted by Gasteiger charge is -2.20. The number of nitrogen functional groups attached to an aromatic ring is 1. The van der Waals surface area contributed by atoms with Crippen molar-refractivity contribution in [3.8, 4) is 0 Å². The number of hydrogen-bond donors (Lipinski definition) is 2. The van der Waals surface area contributed by atoms with E-state index in [1.165, 1.54) is 12.8 Å². The third-order valence-electron chi connectivity index (χ3n) is 3.66. The van der Waals surface area contributed by atoms with E-state index in [4.69, 9.17) is 15.9 Å². The van der Waals surface area contributed by atoms with Crippen LogP contribution < -0.4 is 10.6 Å². The maximum atomic E-state index is 7.37. The highest BCUT2D eigenvalue weighted by Gasteiger charge is 2.14. The maximum Gasteiger partial charge on any atom is 0.122 e. The molecule has 0 bridgehead atoms. The Morgan fingerprint density at radius 3 is 2.74 bits per heavy atom. The van der Waals surface area contributed by atoms with E-state index in [2.05, 4.69) is 11.9 Å². The summed E-state index contributed by atoms with van der Waals surface area (Å²) in [5.41, 5.74) is 7.38. The molecule has 0 aliphatic carbocycles. The average molecular weight is 261 g/mol. The van der Waals surface area contributed by atoms with Gasteiger partial charge in [0.1, 0.15) is 5.84 Å². The van der Waals surface area contributed by atoms with E-state index in [1.807, 2.05) is 24.3 Å². The first kappa shape index (κ1) is 13.9. The summed E-state index contributed by atoms with van der Waals surface area (Å²) in [5, 5.41) is 7.37. The number of nitrogens with two attached hydrogens (primary N) is 1. The van der Waals surface area contributed by atoms with Gasteiger partial charge in [0, 0.05) is 31.5 Å². The van der Waals surface area contributed by atoms with E-state index in [0.29, 0.717) is 6.10 Å². The fraction of sp³-hybridized carbons (Fsp3) is 0.533. The second kappa shape index (κ2) is 6.57. The van der Waals surface area contributed by atoms with Crippen molar-refractivity contribution in [2.24, 2.45) is 5.73 Å². The molecule has 1 unspecified atom stereocenters. The molecule has 1 aromatic carbocycles. The van der Waals surface area contributed by atoms with E-state index in [0.717, 1.165) is 37.2 Å². The van der Waals surface area contributed by atoms with Gasteiger partial charge >= 0.3 is 0 Å². The summed E-state index contributed by atoms with van der Waals surface area (Å²) in [5.74, 6) is 0.118. The van der Waals surface area contributed by atoms with Crippen molar-refractivity contribution in [1.82, 2.24) is 0 Å². The molecule has 1 aromatic rings. The van der Waals surface area contributed by atoms with Crippen molar-refractivity contribution in [3.05, 3.63) is 29.8 Å². The molecule has 4 nitrogen and oxygen atoms in total. The van der Waals surface area contributed by atoms with Crippen LogP contribution in [0.2, 0.25) is 0 Å². The summed E-state index contributed by atoms with van der Waals surface area (Å²) >= 11 is 0. The quantitative estimate of drug-likeness (QED) is 0.610. The topological polar surface area (TPSA) is 62.3 Å². The zero-order chi connectivity index (χ0) is 13.7. The van der Waals surface area contributed by atoms with E-state index in [9.17, 15) is 0 Å². The zero-order valence-electron chi connectivity index (χ0n) is 11.6. The molecular formula is C15H23N3O. The number of benzene rings is 1. The Bertz CT molecular complexity index is 410. The van der Waals surface area contributed by atoms with E-state index in [-0.39, 0.29) is 5.84 Å². The molecule has 1 fully saturated rings. The summed E-state index contributed by atoms with van der Waals surface area (Å²) in [6, 6.07) is 7.83. The monoisotopic (exact) mass is 261 g/mol. The zero-order valence-corrected chi connectivity index (χ0v) is 11.6. The largest absolute Gasteiger partial charge is 0.384 e. The first-order chi connectivity index (χ1) is 9.16. The minimum Gasteiger partial charge on any atom is -0.384 e. The number of amidine groups is 1. The van der Waals surface area contributed by atoms with Gasteiger partial charge in [0.05, 0.1) is 6.10 Å². The Kier molecular flexibility index (Phi) is 4.80. The second-order valence-corrected chi connectivity index (χ2v) is 5.16. The Morgan fingerprint density at radius 1 is 1.42 bits per heavy atom. The Morgan fingerprint density at radius 2 is 2.16 bits per heavy atom. The van der Waals surface area contributed by atoms with Crippen LogP contribution in [0.25, 0.3) is 0 Å². The lowest BCUT2D eigenvalue weighted by atomic mass is 10.1. The number of rotatable bonds is 6. The molecule has 4 heteroatoms. The summed E-state index contributed by atoms with van der Waals surface area (Å²) in [6.07, 6.45) is 5.21. The van der Waals surface area contributed by atoms with E-state index in [1.54, 1.807) is 0 Å². The lowest BCUT2D eigenvalue weighted by molar-refractivity contribution is 0.103. The molecule has 0 aromatic heterocycles. The van der Waals surface area contributed by atoms with Gasteiger partial charge in [0.2, 0.25) is 0 Å². The number of nitrogens with one attached hydrogen (secondary N) is 1. The number of anilines is 1. The molecule has 19 heavy (non-hydrogen) atoms. The van der Waals surface area contributed by atoms with Crippen molar-refractivity contribution < 1.29 is 4.74 Å².